The van der Waals surface area contributed by atoms with E-state index in [4.69, 9.17) is 0 Å². The molecule has 5 N–H and O–H groups in total. The van der Waals surface area contributed by atoms with Crippen molar-refractivity contribution in [2.75, 3.05) is 46.7 Å². The molecule has 1 unspecified atom stereocenters. The summed E-state index contributed by atoms with van der Waals surface area (Å²) in [5, 5.41) is 43.5. The second-order valence-corrected chi connectivity index (χ2v) is 13.2. The Morgan fingerprint density at radius 2 is 1.76 bits per heavy atom. The van der Waals surface area contributed by atoms with Gasteiger partial charge in [0.15, 0.2) is 5.78 Å². The molecule has 46 heavy (non-hydrogen) atoms. The molecule has 4 rings (SSSR count). The van der Waals surface area contributed by atoms with Gasteiger partial charge in [-0.2, -0.15) is 0 Å². The number of amides is 1. The smallest absolute Gasteiger partial charge is 0.258 e. The average molecular weight is 636 g/mol. The van der Waals surface area contributed by atoms with Gasteiger partial charge in [0.25, 0.3) is 5.91 Å². The van der Waals surface area contributed by atoms with Gasteiger partial charge in [0.05, 0.1) is 11.6 Å². The number of anilines is 1. The molecule has 0 heterocycles. The number of likely N-dealkylation sites (N-methyl/N-ethyl adjacent to an activating group) is 2. The summed E-state index contributed by atoms with van der Waals surface area (Å²) >= 11 is 0. The molecule has 0 saturated heterocycles. The first-order valence-electron chi connectivity index (χ1n) is 15.3. The molecule has 3 aliphatic carbocycles. The number of nitrogens with one attached hydrogen (secondary N) is 2. The van der Waals surface area contributed by atoms with E-state index < -0.39 is 58.0 Å². The van der Waals surface area contributed by atoms with Crippen molar-refractivity contribution in [2.24, 2.45) is 17.0 Å². The molecule has 0 bridgehead atoms. The van der Waals surface area contributed by atoms with Gasteiger partial charge >= 0.3 is 0 Å². The fourth-order valence-corrected chi connectivity index (χ4v) is 7.10. The number of nitrogens with zero attached hydrogens (tertiary/aromatic N) is 3. The first kappa shape index (κ1) is 34.6. The molecule has 1 amide bonds. The minimum Gasteiger partial charge on any atom is -0.508 e. The van der Waals surface area contributed by atoms with E-state index in [2.05, 4.69) is 21.9 Å². The number of phenolic OH excluding ortho intramolecular Hbond substituents is 1. The molecule has 12 nitrogen and oxygen atoms in total. The molecule has 12 heteroatoms. The Kier molecular flexibility index (Phi) is 9.65. The predicted octanol–water partition coefficient (Wildman–Crippen LogP) is 3.46. The lowest BCUT2D eigenvalue weighted by atomic mass is 9.56. The Hall–Kier alpha value is -4.29. The van der Waals surface area contributed by atoms with E-state index in [0.717, 1.165) is 11.3 Å². The fraction of sp³-hybridized carbons (Fsp3) is 0.500. The molecule has 0 radical (unpaired) electrons. The summed E-state index contributed by atoms with van der Waals surface area (Å²) in [5.41, 5.74) is 1.98. The standard InChI is InChI=1S/C34H45N5O7/c1-16(2)18(4)10-17(3)14-36-15-20-13-23(38(6)7)21-11-19-12-22-27(39(8)9)30(42)26(33(45)35-5)32(44)34(22,37-46)31(43)24(19)29(41)25(21)28(20)40/h10,13,19,22,27,36,40-41,44H,11-12,14-15H2,1-9H3,(H,35,45)/b17-10+/t19-,22-,27?,34-/m0/s1. The number of fused-ring (bicyclic) bond motifs is 3. The number of ketones is 2. The molecular formula is C34H45N5O7. The summed E-state index contributed by atoms with van der Waals surface area (Å²) in [5.74, 6) is -6.18. The molecule has 1 aromatic carbocycles. The van der Waals surface area contributed by atoms with Crippen molar-refractivity contribution in [1.82, 2.24) is 15.5 Å². The van der Waals surface area contributed by atoms with Gasteiger partial charge in [0.2, 0.25) is 11.3 Å². The Labute approximate surface area is 269 Å². The molecule has 248 valence electrons. The molecule has 4 atom stereocenters. The highest BCUT2D eigenvalue weighted by atomic mass is 16.3. The van der Waals surface area contributed by atoms with E-state index in [1.165, 1.54) is 23.1 Å². The number of aromatic hydroxyl groups is 1. The number of hydrogen-bond donors (Lipinski definition) is 5. The van der Waals surface area contributed by atoms with Crippen molar-refractivity contribution < 1.29 is 29.7 Å². The average Bonchev–Trinajstić information content (AvgIpc) is 2.97. The minimum absolute atomic E-state index is 0.0314. The maximum absolute atomic E-state index is 14.4. The quantitative estimate of drug-likeness (QED) is 0.154. The van der Waals surface area contributed by atoms with Crippen molar-refractivity contribution in [2.45, 2.75) is 58.7 Å². The second-order valence-electron chi connectivity index (χ2n) is 13.2. The van der Waals surface area contributed by atoms with Crippen molar-refractivity contribution in [3.63, 3.8) is 0 Å². The number of aliphatic hydroxyl groups is 2. The normalized spacial score (nSPS) is 24.4. The van der Waals surface area contributed by atoms with Crippen molar-refractivity contribution >= 4 is 28.9 Å². The summed E-state index contributed by atoms with van der Waals surface area (Å²) in [6.45, 7) is 8.94. The van der Waals surface area contributed by atoms with Gasteiger partial charge in [-0.25, -0.2) is 0 Å². The Morgan fingerprint density at radius 1 is 1.11 bits per heavy atom. The van der Waals surface area contributed by atoms with Crippen LogP contribution in [0.2, 0.25) is 0 Å². The van der Waals surface area contributed by atoms with Crippen LogP contribution in [-0.4, -0.2) is 91.1 Å². The van der Waals surface area contributed by atoms with Gasteiger partial charge < -0.3 is 30.9 Å². The van der Waals surface area contributed by atoms with E-state index >= 15 is 0 Å². The number of rotatable bonds is 9. The van der Waals surface area contributed by atoms with Crippen molar-refractivity contribution in [3.05, 3.63) is 67.4 Å². The molecule has 1 saturated carbocycles. The van der Waals surface area contributed by atoms with Crippen LogP contribution in [0.15, 0.2) is 50.9 Å². The molecule has 0 spiro atoms. The topological polar surface area (TPSA) is 172 Å². The third-order valence-electron chi connectivity index (χ3n) is 9.58. The molecule has 1 aromatic rings. The zero-order valence-electron chi connectivity index (χ0n) is 28.0. The fourth-order valence-electron chi connectivity index (χ4n) is 7.10. The van der Waals surface area contributed by atoms with Gasteiger partial charge in [-0.05, 0) is 77.4 Å². The van der Waals surface area contributed by atoms with E-state index in [-0.39, 0.29) is 36.3 Å². The van der Waals surface area contributed by atoms with E-state index in [1.54, 1.807) is 14.1 Å². The van der Waals surface area contributed by atoms with Crippen LogP contribution >= 0.6 is 0 Å². The number of benzene rings is 1. The lowest BCUT2D eigenvalue weighted by molar-refractivity contribution is -0.134. The van der Waals surface area contributed by atoms with Crippen molar-refractivity contribution in [1.29, 1.82) is 0 Å². The number of allylic oxidation sites excluding steroid dienone is 3. The van der Waals surface area contributed by atoms with Crippen LogP contribution in [0, 0.1) is 16.7 Å². The van der Waals surface area contributed by atoms with Crippen LogP contribution in [0.25, 0.3) is 5.76 Å². The number of carbonyl (C=O) groups is 3. The monoisotopic (exact) mass is 635 g/mol. The minimum atomic E-state index is -2.52. The maximum atomic E-state index is 14.4. The maximum Gasteiger partial charge on any atom is 0.258 e. The molecule has 0 aliphatic heterocycles. The van der Waals surface area contributed by atoms with Crippen LogP contribution in [0.3, 0.4) is 0 Å². The number of nitroso groups, excluding NO2 is 1. The SMILES string of the molecule is CNC(=O)C1=C(O)[C@@]2(N=O)C(=O)C3=C(O)c4c(O)c(CNC/C(C)=C/C(C)=C(C)C)cc(N(C)C)c4C[C@H]3C[C@H]2C(N(C)C)C1=O. The Bertz CT molecular complexity index is 1630. The third-order valence-corrected chi connectivity index (χ3v) is 9.58. The highest BCUT2D eigenvalue weighted by molar-refractivity contribution is 6.25. The third kappa shape index (κ3) is 5.43. The van der Waals surface area contributed by atoms with Crippen LogP contribution in [0.4, 0.5) is 5.69 Å². The summed E-state index contributed by atoms with van der Waals surface area (Å²) in [4.78, 5) is 56.9. The molecule has 0 aromatic heterocycles. The first-order chi connectivity index (χ1) is 21.5. The lowest BCUT2D eigenvalue weighted by Gasteiger charge is -2.49. The van der Waals surface area contributed by atoms with Crippen LogP contribution in [0.1, 0.15) is 50.8 Å². The molecular weight excluding hydrogens is 590 g/mol. The van der Waals surface area contributed by atoms with E-state index in [1.807, 2.05) is 52.8 Å². The molecule has 3 aliphatic rings. The van der Waals surface area contributed by atoms with Gasteiger partial charge in [-0.3, -0.25) is 19.3 Å². The summed E-state index contributed by atoms with van der Waals surface area (Å²) in [7, 11) is 8.12. The Balaban J connectivity index is 1.87. The largest absolute Gasteiger partial charge is 0.508 e. The number of Topliss-reactive ketones (excluding diaryl/α,β-unsaturated/α-hetero) is 2. The van der Waals surface area contributed by atoms with E-state index in [0.29, 0.717) is 17.7 Å². The molecule has 1 fully saturated rings. The van der Waals surface area contributed by atoms with Gasteiger partial charge in [0, 0.05) is 57.0 Å². The van der Waals surface area contributed by atoms with Gasteiger partial charge in [0.1, 0.15) is 22.8 Å². The zero-order chi connectivity index (χ0) is 34.4. The number of carbonyl (C=O) groups excluding carboxylic acids is 3. The van der Waals surface area contributed by atoms with Crippen LogP contribution in [0.5, 0.6) is 5.75 Å². The van der Waals surface area contributed by atoms with E-state index in [9.17, 15) is 34.6 Å². The van der Waals surface area contributed by atoms with Crippen LogP contribution < -0.4 is 15.5 Å². The van der Waals surface area contributed by atoms with Crippen LogP contribution in [-0.2, 0) is 27.3 Å². The highest BCUT2D eigenvalue weighted by Gasteiger charge is 2.66. The van der Waals surface area contributed by atoms with Gasteiger partial charge in [-0.15, -0.1) is 4.91 Å². The number of phenols is 1. The zero-order valence-corrected chi connectivity index (χ0v) is 28.0. The van der Waals surface area contributed by atoms with Crippen molar-refractivity contribution in [3.8, 4) is 5.75 Å². The number of aliphatic hydroxyl groups excluding tert-OH is 2. The first-order valence-corrected chi connectivity index (χ1v) is 15.3. The second kappa shape index (κ2) is 12.8. The number of hydrogen-bond acceptors (Lipinski definition) is 11. The van der Waals surface area contributed by atoms with Gasteiger partial charge in [-0.1, -0.05) is 22.8 Å². The lowest BCUT2D eigenvalue weighted by Crippen LogP contribution is -2.64. The summed E-state index contributed by atoms with van der Waals surface area (Å²) < 4.78 is 0. The highest BCUT2D eigenvalue weighted by Crippen LogP contribution is 2.55. The predicted molar refractivity (Wildman–Crippen MR) is 177 cm³/mol. The summed E-state index contributed by atoms with van der Waals surface area (Å²) in [6.07, 6.45) is 2.34. The Morgan fingerprint density at radius 3 is 2.30 bits per heavy atom. The summed E-state index contributed by atoms with van der Waals surface area (Å²) in [6, 6.07) is 0.724.